The van der Waals surface area contributed by atoms with E-state index in [4.69, 9.17) is 12.2 Å². The van der Waals surface area contributed by atoms with Crippen molar-refractivity contribution in [2.24, 2.45) is 4.99 Å². The Bertz CT molecular complexity index is 1060. The molecule has 3 aromatic rings. The van der Waals surface area contributed by atoms with Gasteiger partial charge < -0.3 is 9.67 Å². The van der Waals surface area contributed by atoms with Crippen molar-refractivity contribution in [2.75, 3.05) is 6.54 Å². The van der Waals surface area contributed by atoms with Crippen molar-refractivity contribution >= 4 is 18.4 Å². The third kappa shape index (κ3) is 4.45. The van der Waals surface area contributed by atoms with E-state index in [0.717, 1.165) is 13.0 Å². The Morgan fingerprint density at radius 1 is 1.32 bits per heavy atom. The average Bonchev–Trinajstić information content (AvgIpc) is 3.17. The highest BCUT2D eigenvalue weighted by molar-refractivity contribution is 7.71. The summed E-state index contributed by atoms with van der Waals surface area (Å²) in [5, 5.41) is 10.7. The molecule has 0 atom stereocenters. The normalized spacial score (nSPS) is 11.5. The minimum Gasteiger partial charge on any atom is -0.494 e. The SMILES string of the molecule is CC(C)c1ccc(-n2c(O)c(C=NCCCn3ccnc3)c(=O)[nH]c2=S)cc1. The molecule has 146 valence electrons. The molecule has 1 aromatic carbocycles. The number of H-pyrrole nitrogens is 1. The number of aryl methyl sites for hydroxylation is 1. The van der Waals surface area contributed by atoms with E-state index in [1.807, 2.05) is 35.0 Å². The molecule has 0 radical (unpaired) electrons. The summed E-state index contributed by atoms with van der Waals surface area (Å²) < 4.78 is 3.53. The summed E-state index contributed by atoms with van der Waals surface area (Å²) in [6.45, 7) is 5.53. The van der Waals surface area contributed by atoms with Crippen molar-refractivity contribution in [1.82, 2.24) is 19.1 Å². The van der Waals surface area contributed by atoms with Gasteiger partial charge >= 0.3 is 0 Å². The molecule has 0 aliphatic rings. The molecule has 8 heteroatoms. The Labute approximate surface area is 168 Å². The van der Waals surface area contributed by atoms with Crippen LogP contribution >= 0.6 is 12.2 Å². The van der Waals surface area contributed by atoms with Gasteiger partial charge in [0.2, 0.25) is 5.88 Å². The molecule has 0 unspecified atom stereocenters. The van der Waals surface area contributed by atoms with Crippen LogP contribution in [0.1, 0.15) is 37.3 Å². The number of aromatic amines is 1. The lowest BCUT2D eigenvalue weighted by atomic mass is 10.0. The van der Waals surface area contributed by atoms with Crippen LogP contribution in [0, 0.1) is 4.77 Å². The van der Waals surface area contributed by atoms with Gasteiger partial charge in [0, 0.05) is 31.7 Å². The predicted molar refractivity (Wildman–Crippen MR) is 112 cm³/mol. The van der Waals surface area contributed by atoms with Crippen LogP contribution in [-0.4, -0.2) is 37.0 Å². The number of benzene rings is 1. The Hall–Kier alpha value is -3.00. The van der Waals surface area contributed by atoms with Gasteiger partial charge in [-0.1, -0.05) is 26.0 Å². The fraction of sp³-hybridized carbons (Fsp3) is 0.300. The highest BCUT2D eigenvalue weighted by atomic mass is 32.1. The summed E-state index contributed by atoms with van der Waals surface area (Å²) in [5.74, 6) is 0.181. The maximum absolute atomic E-state index is 12.2. The van der Waals surface area contributed by atoms with Crippen molar-refractivity contribution in [3.05, 3.63) is 69.2 Å². The molecule has 0 aliphatic heterocycles. The molecule has 2 N–H and O–H groups in total. The van der Waals surface area contributed by atoms with Crippen LogP contribution in [0.5, 0.6) is 5.88 Å². The quantitative estimate of drug-likeness (QED) is 0.363. The minimum absolute atomic E-state index is 0.0872. The van der Waals surface area contributed by atoms with E-state index in [1.165, 1.54) is 16.3 Å². The molecule has 0 fully saturated rings. The average molecular weight is 398 g/mol. The van der Waals surface area contributed by atoms with Crippen LogP contribution in [0.4, 0.5) is 0 Å². The standard InChI is InChI=1S/C20H23N5O2S/c1-14(2)15-4-6-16(7-5-15)25-19(27)17(18(26)23-20(25)28)12-21-8-3-10-24-11-9-22-13-24/h4-7,9,11-14,27H,3,8,10H2,1-2H3,(H,23,26,28). The second-order valence-corrected chi connectivity index (χ2v) is 7.15. The first kappa shape index (κ1) is 19.8. The lowest BCUT2D eigenvalue weighted by Crippen LogP contribution is -2.18. The van der Waals surface area contributed by atoms with Crippen molar-refractivity contribution in [1.29, 1.82) is 0 Å². The molecule has 2 heterocycles. The van der Waals surface area contributed by atoms with E-state index in [2.05, 4.69) is 28.8 Å². The summed E-state index contributed by atoms with van der Waals surface area (Å²) in [7, 11) is 0. The van der Waals surface area contributed by atoms with Crippen molar-refractivity contribution < 1.29 is 5.11 Å². The third-order valence-corrected chi connectivity index (χ3v) is 4.71. The van der Waals surface area contributed by atoms with Gasteiger partial charge in [-0.3, -0.25) is 19.3 Å². The van der Waals surface area contributed by atoms with E-state index in [9.17, 15) is 9.90 Å². The molecular formula is C20H23N5O2S. The van der Waals surface area contributed by atoms with Gasteiger partial charge in [-0.05, 0) is 42.3 Å². The molecule has 0 spiro atoms. The number of aromatic hydroxyl groups is 1. The van der Waals surface area contributed by atoms with Gasteiger partial charge in [0.15, 0.2) is 4.77 Å². The van der Waals surface area contributed by atoms with Gasteiger partial charge in [0.1, 0.15) is 5.56 Å². The molecule has 0 saturated heterocycles. The van der Waals surface area contributed by atoms with Gasteiger partial charge in [-0.25, -0.2) is 4.98 Å². The van der Waals surface area contributed by atoms with Crippen molar-refractivity contribution in [2.45, 2.75) is 32.7 Å². The van der Waals surface area contributed by atoms with Crippen LogP contribution in [0.25, 0.3) is 5.69 Å². The van der Waals surface area contributed by atoms with Gasteiger partial charge in [-0.2, -0.15) is 0 Å². The van der Waals surface area contributed by atoms with Gasteiger partial charge in [0.05, 0.1) is 12.0 Å². The van der Waals surface area contributed by atoms with Gasteiger partial charge in [0.25, 0.3) is 5.56 Å². The largest absolute Gasteiger partial charge is 0.494 e. The van der Waals surface area contributed by atoms with Crippen LogP contribution in [0.3, 0.4) is 0 Å². The highest BCUT2D eigenvalue weighted by Gasteiger charge is 2.12. The summed E-state index contributed by atoms with van der Waals surface area (Å²) in [4.78, 5) is 23.1. The van der Waals surface area contributed by atoms with E-state index in [1.54, 1.807) is 12.5 Å². The summed E-state index contributed by atoms with van der Waals surface area (Å²) in [6, 6.07) is 7.71. The van der Waals surface area contributed by atoms with Crippen molar-refractivity contribution in [3.63, 3.8) is 0 Å². The summed E-state index contributed by atoms with van der Waals surface area (Å²) >= 11 is 5.25. The zero-order valence-electron chi connectivity index (χ0n) is 15.9. The number of hydrogen-bond acceptors (Lipinski definition) is 5. The zero-order valence-corrected chi connectivity index (χ0v) is 16.7. The molecule has 2 aromatic heterocycles. The summed E-state index contributed by atoms with van der Waals surface area (Å²) in [5.41, 5.74) is 1.48. The molecule has 0 bridgehead atoms. The van der Waals surface area contributed by atoms with Crippen molar-refractivity contribution in [3.8, 4) is 11.6 Å². The highest BCUT2D eigenvalue weighted by Crippen LogP contribution is 2.21. The monoisotopic (exact) mass is 397 g/mol. The molecule has 0 amide bonds. The number of imidazole rings is 1. The van der Waals surface area contributed by atoms with E-state index >= 15 is 0 Å². The Morgan fingerprint density at radius 3 is 2.71 bits per heavy atom. The number of nitrogens with zero attached hydrogens (tertiary/aromatic N) is 4. The fourth-order valence-corrected chi connectivity index (χ4v) is 3.11. The number of aromatic nitrogens is 4. The van der Waals surface area contributed by atoms with Gasteiger partial charge in [-0.15, -0.1) is 0 Å². The van der Waals surface area contributed by atoms with Crippen LogP contribution in [0.15, 0.2) is 52.8 Å². The maximum atomic E-state index is 12.2. The second-order valence-electron chi connectivity index (χ2n) is 6.77. The van der Waals surface area contributed by atoms with Crippen LogP contribution < -0.4 is 5.56 Å². The lowest BCUT2D eigenvalue weighted by molar-refractivity contribution is 0.432. The number of rotatable bonds is 7. The van der Waals surface area contributed by atoms with Crippen LogP contribution in [0.2, 0.25) is 0 Å². The Balaban J connectivity index is 1.82. The Kier molecular flexibility index (Phi) is 6.20. The van der Waals surface area contributed by atoms with Crippen LogP contribution in [-0.2, 0) is 6.54 Å². The third-order valence-electron chi connectivity index (χ3n) is 4.42. The molecular weight excluding hydrogens is 374 g/mol. The first-order valence-electron chi connectivity index (χ1n) is 9.11. The molecule has 3 rings (SSSR count). The smallest absolute Gasteiger partial charge is 0.264 e. The predicted octanol–water partition coefficient (Wildman–Crippen LogP) is 3.43. The molecule has 28 heavy (non-hydrogen) atoms. The molecule has 0 saturated carbocycles. The number of hydrogen-bond donors (Lipinski definition) is 2. The van der Waals surface area contributed by atoms with E-state index in [0.29, 0.717) is 18.2 Å². The Morgan fingerprint density at radius 2 is 2.07 bits per heavy atom. The zero-order chi connectivity index (χ0) is 20.1. The lowest BCUT2D eigenvalue weighted by Gasteiger charge is -2.12. The topological polar surface area (TPSA) is 88.2 Å². The fourth-order valence-electron chi connectivity index (χ4n) is 2.82. The second kappa shape index (κ2) is 8.79. The van der Waals surface area contributed by atoms with E-state index in [-0.39, 0.29) is 16.2 Å². The minimum atomic E-state index is -0.462. The first-order chi connectivity index (χ1) is 13.5. The number of aliphatic imine (C=N–C) groups is 1. The molecule has 0 aliphatic carbocycles. The molecule has 7 nitrogen and oxygen atoms in total. The maximum Gasteiger partial charge on any atom is 0.264 e. The first-order valence-corrected chi connectivity index (χ1v) is 9.52. The van der Waals surface area contributed by atoms with E-state index < -0.39 is 5.56 Å². The summed E-state index contributed by atoms with van der Waals surface area (Å²) in [6.07, 6.45) is 7.55. The number of nitrogens with one attached hydrogen (secondary N) is 1.